The molecule has 0 aliphatic carbocycles. The maximum absolute atomic E-state index is 13.1. The van der Waals surface area contributed by atoms with Crippen LogP contribution in [0.2, 0.25) is 0 Å². The van der Waals surface area contributed by atoms with Gasteiger partial charge < -0.3 is 10.2 Å². The molecular weight excluding hydrogens is 300 g/mol. The normalized spacial score (nSPS) is 22.2. The van der Waals surface area contributed by atoms with E-state index in [0.717, 1.165) is 67.8 Å². The molecule has 0 radical (unpaired) electrons. The maximum Gasteiger partial charge on any atom is 0.254 e. The molecule has 5 heteroatoms. The predicted molar refractivity (Wildman–Crippen MR) is 95.2 cm³/mol. The number of hydrogen-bond acceptors (Lipinski definition) is 4. The van der Waals surface area contributed by atoms with Crippen LogP contribution in [0.1, 0.15) is 22.5 Å². The van der Waals surface area contributed by atoms with Gasteiger partial charge in [-0.2, -0.15) is 0 Å². The summed E-state index contributed by atoms with van der Waals surface area (Å²) in [6.07, 6.45) is 1.08. The van der Waals surface area contributed by atoms with Gasteiger partial charge in [0.15, 0.2) is 0 Å². The van der Waals surface area contributed by atoms with E-state index in [1.807, 2.05) is 42.2 Å². The monoisotopic (exact) mass is 324 g/mol. The van der Waals surface area contributed by atoms with Crippen molar-refractivity contribution in [1.82, 2.24) is 20.1 Å². The quantitative estimate of drug-likeness (QED) is 0.913. The molecule has 24 heavy (non-hydrogen) atoms. The summed E-state index contributed by atoms with van der Waals surface area (Å²) >= 11 is 0. The molecule has 1 atom stereocenters. The molecule has 1 aromatic heterocycles. The average Bonchev–Trinajstić information content (AvgIpc) is 3.11. The van der Waals surface area contributed by atoms with Gasteiger partial charge in [-0.15, -0.1) is 0 Å². The fourth-order valence-electron chi connectivity index (χ4n) is 3.93. The number of carbonyl (C=O) groups excluding carboxylic acids is 1. The van der Waals surface area contributed by atoms with Crippen LogP contribution in [0.25, 0.3) is 10.9 Å². The van der Waals surface area contributed by atoms with Crippen molar-refractivity contribution in [1.29, 1.82) is 0 Å². The number of aryl methyl sites for hydroxylation is 1. The summed E-state index contributed by atoms with van der Waals surface area (Å²) < 4.78 is 0. The van der Waals surface area contributed by atoms with Crippen LogP contribution in [0.5, 0.6) is 0 Å². The smallest absolute Gasteiger partial charge is 0.254 e. The van der Waals surface area contributed by atoms with Gasteiger partial charge in [0.1, 0.15) is 0 Å². The molecule has 2 aliphatic rings. The third-order valence-electron chi connectivity index (χ3n) is 5.19. The average molecular weight is 324 g/mol. The molecular formula is C19H24N4O. The van der Waals surface area contributed by atoms with Crippen LogP contribution in [-0.4, -0.2) is 66.0 Å². The van der Waals surface area contributed by atoms with E-state index in [2.05, 4.69) is 15.2 Å². The van der Waals surface area contributed by atoms with E-state index in [-0.39, 0.29) is 5.91 Å². The van der Waals surface area contributed by atoms with Crippen LogP contribution in [0.3, 0.4) is 0 Å². The lowest BCUT2D eigenvalue weighted by Crippen LogP contribution is -2.49. The topological polar surface area (TPSA) is 48.5 Å². The van der Waals surface area contributed by atoms with Crippen molar-refractivity contribution < 1.29 is 4.79 Å². The zero-order chi connectivity index (χ0) is 16.5. The Morgan fingerprint density at radius 2 is 2.00 bits per heavy atom. The molecule has 2 fully saturated rings. The predicted octanol–water partition coefficient (Wildman–Crippen LogP) is 1.66. The van der Waals surface area contributed by atoms with E-state index < -0.39 is 0 Å². The van der Waals surface area contributed by atoms with Crippen molar-refractivity contribution in [2.24, 2.45) is 0 Å². The summed E-state index contributed by atoms with van der Waals surface area (Å²) in [7, 11) is 0. The summed E-state index contributed by atoms with van der Waals surface area (Å²) in [6, 6.07) is 10.4. The fraction of sp³-hybridized carbons (Fsp3) is 0.474. The highest BCUT2D eigenvalue weighted by molar-refractivity contribution is 6.06. The summed E-state index contributed by atoms with van der Waals surface area (Å²) in [4.78, 5) is 22.2. The molecule has 126 valence electrons. The van der Waals surface area contributed by atoms with Crippen molar-refractivity contribution in [2.45, 2.75) is 19.4 Å². The van der Waals surface area contributed by atoms with Crippen LogP contribution in [0.4, 0.5) is 0 Å². The highest BCUT2D eigenvalue weighted by Crippen LogP contribution is 2.23. The van der Waals surface area contributed by atoms with Crippen molar-refractivity contribution in [3.8, 4) is 0 Å². The lowest BCUT2D eigenvalue weighted by molar-refractivity contribution is 0.0775. The van der Waals surface area contributed by atoms with Gasteiger partial charge in [0.25, 0.3) is 5.91 Å². The fourth-order valence-corrected chi connectivity index (χ4v) is 3.93. The molecule has 2 aliphatic heterocycles. The number of hydrogen-bond donors (Lipinski definition) is 1. The highest BCUT2D eigenvalue weighted by Gasteiger charge is 2.31. The van der Waals surface area contributed by atoms with E-state index in [0.29, 0.717) is 6.04 Å². The zero-order valence-corrected chi connectivity index (χ0v) is 14.2. The lowest BCUT2D eigenvalue weighted by atomic mass is 10.1. The largest absolute Gasteiger partial charge is 0.337 e. The Bertz CT molecular complexity index is 754. The molecule has 1 unspecified atom stereocenters. The van der Waals surface area contributed by atoms with Crippen LogP contribution in [0.15, 0.2) is 30.3 Å². The van der Waals surface area contributed by atoms with Gasteiger partial charge >= 0.3 is 0 Å². The molecule has 1 N–H and O–H groups in total. The van der Waals surface area contributed by atoms with Gasteiger partial charge in [-0.05, 0) is 25.5 Å². The van der Waals surface area contributed by atoms with E-state index in [4.69, 9.17) is 0 Å². The highest BCUT2D eigenvalue weighted by atomic mass is 16.2. The summed E-state index contributed by atoms with van der Waals surface area (Å²) in [5.74, 6) is 0.148. The Kier molecular flexibility index (Phi) is 4.21. The first kappa shape index (κ1) is 15.5. The second-order valence-corrected chi connectivity index (χ2v) is 6.81. The Morgan fingerprint density at radius 1 is 1.21 bits per heavy atom. The van der Waals surface area contributed by atoms with Gasteiger partial charge in [-0.1, -0.05) is 18.2 Å². The number of aromatic nitrogens is 1. The molecule has 4 rings (SSSR count). The number of likely N-dealkylation sites (tertiary alicyclic amines) is 1. The van der Waals surface area contributed by atoms with Crippen LogP contribution in [0, 0.1) is 6.92 Å². The number of nitrogens with zero attached hydrogens (tertiary/aromatic N) is 3. The molecule has 2 aromatic rings. The van der Waals surface area contributed by atoms with Crippen molar-refractivity contribution >= 4 is 16.8 Å². The van der Waals surface area contributed by atoms with E-state index in [1.165, 1.54) is 0 Å². The van der Waals surface area contributed by atoms with Crippen molar-refractivity contribution in [2.75, 3.05) is 39.3 Å². The van der Waals surface area contributed by atoms with Gasteiger partial charge in [0.2, 0.25) is 0 Å². The lowest BCUT2D eigenvalue weighted by Gasteiger charge is -2.32. The minimum Gasteiger partial charge on any atom is -0.337 e. The van der Waals surface area contributed by atoms with E-state index in [1.54, 1.807) is 0 Å². The zero-order valence-electron chi connectivity index (χ0n) is 14.2. The second kappa shape index (κ2) is 6.49. The third kappa shape index (κ3) is 2.89. The number of para-hydroxylation sites is 1. The summed E-state index contributed by atoms with van der Waals surface area (Å²) in [6.45, 7) is 7.93. The maximum atomic E-state index is 13.1. The first-order valence-corrected chi connectivity index (χ1v) is 8.83. The SMILES string of the molecule is Cc1cc(C(=O)N2CCC(N3CCNCC3)C2)c2ccccc2n1. The molecule has 0 spiro atoms. The van der Waals surface area contributed by atoms with Gasteiger partial charge in [-0.25, -0.2) is 0 Å². The standard InChI is InChI=1S/C19H24N4O/c1-14-12-17(16-4-2-3-5-18(16)21-14)19(24)23-9-6-15(13-23)22-10-7-20-8-11-22/h2-5,12,15,20H,6-11,13H2,1H3. The molecule has 0 saturated carbocycles. The Labute approximate surface area is 142 Å². The number of amides is 1. The number of pyridine rings is 1. The minimum atomic E-state index is 0.148. The van der Waals surface area contributed by atoms with Crippen molar-refractivity contribution in [3.63, 3.8) is 0 Å². The van der Waals surface area contributed by atoms with Crippen molar-refractivity contribution in [3.05, 3.63) is 41.6 Å². The first-order chi connectivity index (χ1) is 11.7. The van der Waals surface area contributed by atoms with Gasteiger partial charge in [0, 0.05) is 56.4 Å². The molecule has 3 heterocycles. The number of piperazine rings is 1. The minimum absolute atomic E-state index is 0.148. The number of benzene rings is 1. The Hall–Kier alpha value is -1.98. The van der Waals surface area contributed by atoms with Gasteiger partial charge in [0.05, 0.1) is 11.1 Å². The Balaban J connectivity index is 1.56. The van der Waals surface area contributed by atoms with Crippen LogP contribution >= 0.6 is 0 Å². The molecule has 2 saturated heterocycles. The number of nitrogens with one attached hydrogen (secondary N) is 1. The number of fused-ring (bicyclic) bond motifs is 1. The summed E-state index contributed by atoms with van der Waals surface area (Å²) in [5, 5.41) is 4.35. The molecule has 0 bridgehead atoms. The van der Waals surface area contributed by atoms with Gasteiger partial charge in [-0.3, -0.25) is 14.7 Å². The number of rotatable bonds is 2. The van der Waals surface area contributed by atoms with E-state index in [9.17, 15) is 4.79 Å². The van der Waals surface area contributed by atoms with Crippen LogP contribution in [-0.2, 0) is 0 Å². The molecule has 1 amide bonds. The van der Waals surface area contributed by atoms with Crippen LogP contribution < -0.4 is 5.32 Å². The second-order valence-electron chi connectivity index (χ2n) is 6.81. The molecule has 1 aromatic carbocycles. The number of carbonyl (C=O) groups is 1. The first-order valence-electron chi connectivity index (χ1n) is 8.83. The molecule has 5 nitrogen and oxygen atoms in total. The van der Waals surface area contributed by atoms with E-state index >= 15 is 0 Å². The Morgan fingerprint density at radius 3 is 2.83 bits per heavy atom. The summed E-state index contributed by atoms with van der Waals surface area (Å²) in [5.41, 5.74) is 2.59. The third-order valence-corrected chi connectivity index (χ3v) is 5.19.